The molecule has 0 saturated heterocycles. The quantitative estimate of drug-likeness (QED) is 0.838. The standard InChI is InChI=1S/C10H12BrNO2/c1-12-6-10(13)8-5-7(14-2)3-4-9(8)11/h3-5,12H,6H2,1-2H3. The van der Waals surface area contributed by atoms with E-state index in [1.54, 1.807) is 26.3 Å². The van der Waals surface area contributed by atoms with E-state index in [0.29, 0.717) is 17.9 Å². The van der Waals surface area contributed by atoms with E-state index in [0.717, 1.165) is 4.47 Å². The third kappa shape index (κ3) is 2.56. The summed E-state index contributed by atoms with van der Waals surface area (Å²) < 4.78 is 5.84. The smallest absolute Gasteiger partial charge is 0.177 e. The van der Waals surface area contributed by atoms with Crippen LogP contribution in [0.4, 0.5) is 0 Å². The summed E-state index contributed by atoms with van der Waals surface area (Å²) in [4.78, 5) is 11.6. The average molecular weight is 258 g/mol. The van der Waals surface area contributed by atoms with Gasteiger partial charge in [0.25, 0.3) is 0 Å². The molecule has 1 aromatic carbocycles. The molecule has 0 unspecified atom stereocenters. The van der Waals surface area contributed by atoms with Crippen molar-refractivity contribution in [3.8, 4) is 5.75 Å². The molecule has 0 spiro atoms. The second-order valence-corrected chi connectivity index (χ2v) is 3.65. The maximum absolute atomic E-state index is 11.6. The molecule has 0 aliphatic heterocycles. The van der Waals surface area contributed by atoms with E-state index < -0.39 is 0 Å². The van der Waals surface area contributed by atoms with Crippen LogP contribution >= 0.6 is 15.9 Å². The number of ketones is 1. The average Bonchev–Trinajstić information content (AvgIpc) is 2.19. The van der Waals surface area contributed by atoms with Crippen molar-refractivity contribution >= 4 is 21.7 Å². The SMILES string of the molecule is CNCC(=O)c1cc(OC)ccc1Br. The number of benzene rings is 1. The number of halogens is 1. The van der Waals surface area contributed by atoms with Gasteiger partial charge in [-0.1, -0.05) is 15.9 Å². The predicted molar refractivity (Wildman–Crippen MR) is 59.0 cm³/mol. The second kappa shape index (κ2) is 5.12. The predicted octanol–water partition coefficient (Wildman–Crippen LogP) is 1.86. The molecule has 0 aliphatic carbocycles. The number of methoxy groups -OCH3 is 1. The number of rotatable bonds is 4. The molecule has 0 radical (unpaired) electrons. The molecule has 1 rings (SSSR count). The van der Waals surface area contributed by atoms with E-state index in [-0.39, 0.29) is 5.78 Å². The molecule has 0 saturated carbocycles. The van der Waals surface area contributed by atoms with Crippen LogP contribution in [0.5, 0.6) is 5.75 Å². The van der Waals surface area contributed by atoms with Crippen molar-refractivity contribution in [1.29, 1.82) is 0 Å². The van der Waals surface area contributed by atoms with Gasteiger partial charge in [0.1, 0.15) is 5.75 Å². The molecule has 0 heterocycles. The van der Waals surface area contributed by atoms with E-state index in [1.807, 2.05) is 6.07 Å². The molecule has 14 heavy (non-hydrogen) atoms. The van der Waals surface area contributed by atoms with Crippen molar-refractivity contribution in [1.82, 2.24) is 5.32 Å². The first-order valence-corrected chi connectivity index (χ1v) is 4.99. The summed E-state index contributed by atoms with van der Waals surface area (Å²) in [5.41, 5.74) is 0.638. The zero-order valence-corrected chi connectivity index (χ0v) is 9.72. The monoisotopic (exact) mass is 257 g/mol. The highest BCUT2D eigenvalue weighted by Gasteiger charge is 2.09. The minimum Gasteiger partial charge on any atom is -0.497 e. The molecule has 0 bridgehead atoms. The number of hydrogen-bond acceptors (Lipinski definition) is 3. The molecule has 1 N–H and O–H groups in total. The Morgan fingerprint density at radius 3 is 2.86 bits per heavy atom. The fourth-order valence-electron chi connectivity index (χ4n) is 1.10. The maximum Gasteiger partial charge on any atom is 0.177 e. The highest BCUT2D eigenvalue weighted by atomic mass is 79.9. The highest BCUT2D eigenvalue weighted by molar-refractivity contribution is 9.10. The summed E-state index contributed by atoms with van der Waals surface area (Å²) in [6, 6.07) is 5.34. The van der Waals surface area contributed by atoms with Gasteiger partial charge in [-0.05, 0) is 25.2 Å². The molecule has 0 amide bonds. The zero-order chi connectivity index (χ0) is 10.6. The lowest BCUT2D eigenvalue weighted by molar-refractivity contribution is 0.0992. The van der Waals surface area contributed by atoms with Crippen molar-refractivity contribution in [3.05, 3.63) is 28.2 Å². The summed E-state index contributed by atoms with van der Waals surface area (Å²) in [5.74, 6) is 0.728. The lowest BCUT2D eigenvalue weighted by atomic mass is 10.1. The van der Waals surface area contributed by atoms with Crippen molar-refractivity contribution in [3.63, 3.8) is 0 Å². The van der Waals surface area contributed by atoms with Gasteiger partial charge in [0.15, 0.2) is 5.78 Å². The minimum absolute atomic E-state index is 0.0401. The molecule has 76 valence electrons. The number of nitrogens with one attached hydrogen (secondary N) is 1. The summed E-state index contributed by atoms with van der Waals surface area (Å²) in [7, 11) is 3.32. The fraction of sp³-hybridized carbons (Fsp3) is 0.300. The number of carbonyl (C=O) groups excluding carboxylic acids is 1. The third-order valence-electron chi connectivity index (χ3n) is 1.81. The van der Waals surface area contributed by atoms with Crippen LogP contribution in [0.25, 0.3) is 0 Å². The van der Waals surface area contributed by atoms with Crippen LogP contribution < -0.4 is 10.1 Å². The van der Waals surface area contributed by atoms with Gasteiger partial charge in [-0.3, -0.25) is 4.79 Å². The van der Waals surface area contributed by atoms with Gasteiger partial charge in [-0.15, -0.1) is 0 Å². The first-order valence-electron chi connectivity index (χ1n) is 4.20. The molecule has 0 fully saturated rings. The summed E-state index contributed by atoms with van der Waals surface area (Å²) in [5, 5.41) is 2.82. The molecular weight excluding hydrogens is 246 g/mol. The van der Waals surface area contributed by atoms with Crippen molar-refractivity contribution in [2.45, 2.75) is 0 Å². The Kier molecular flexibility index (Phi) is 4.10. The summed E-state index contributed by atoms with van der Waals surface area (Å²) in [6.07, 6.45) is 0. The van der Waals surface area contributed by atoms with Crippen LogP contribution in [0.1, 0.15) is 10.4 Å². The van der Waals surface area contributed by atoms with Crippen molar-refractivity contribution < 1.29 is 9.53 Å². The van der Waals surface area contributed by atoms with Crippen LogP contribution in [0.2, 0.25) is 0 Å². The van der Waals surface area contributed by atoms with Gasteiger partial charge in [-0.25, -0.2) is 0 Å². The second-order valence-electron chi connectivity index (χ2n) is 2.80. The number of hydrogen-bond donors (Lipinski definition) is 1. The van der Waals surface area contributed by atoms with E-state index in [4.69, 9.17) is 4.74 Å². The van der Waals surface area contributed by atoms with E-state index in [9.17, 15) is 4.79 Å². The molecular formula is C10H12BrNO2. The molecule has 0 atom stereocenters. The fourth-order valence-corrected chi connectivity index (χ4v) is 1.57. The van der Waals surface area contributed by atoms with Crippen molar-refractivity contribution in [2.75, 3.05) is 20.7 Å². The summed E-state index contributed by atoms with van der Waals surface area (Å²) >= 11 is 3.33. The Morgan fingerprint density at radius 2 is 2.29 bits per heavy atom. The third-order valence-corrected chi connectivity index (χ3v) is 2.50. The first kappa shape index (κ1) is 11.2. The molecule has 4 heteroatoms. The number of carbonyl (C=O) groups is 1. The van der Waals surface area contributed by atoms with Crippen LogP contribution in [0.3, 0.4) is 0 Å². The maximum atomic E-state index is 11.6. The number of likely N-dealkylation sites (N-methyl/N-ethyl adjacent to an activating group) is 1. The summed E-state index contributed by atoms with van der Waals surface area (Å²) in [6.45, 7) is 0.325. The largest absolute Gasteiger partial charge is 0.497 e. The highest BCUT2D eigenvalue weighted by Crippen LogP contribution is 2.22. The topological polar surface area (TPSA) is 38.3 Å². The van der Waals surface area contributed by atoms with E-state index in [2.05, 4.69) is 21.2 Å². The number of ether oxygens (including phenoxy) is 1. The van der Waals surface area contributed by atoms with Crippen LogP contribution in [-0.4, -0.2) is 26.5 Å². The number of Topliss-reactive ketones (excluding diaryl/α,β-unsaturated/α-hetero) is 1. The first-order chi connectivity index (χ1) is 6.69. The van der Waals surface area contributed by atoms with Gasteiger partial charge in [-0.2, -0.15) is 0 Å². The minimum atomic E-state index is 0.0401. The van der Waals surface area contributed by atoms with Gasteiger partial charge >= 0.3 is 0 Å². The molecule has 3 nitrogen and oxygen atoms in total. The Hall–Kier alpha value is -0.870. The van der Waals surface area contributed by atoms with Crippen LogP contribution in [0, 0.1) is 0 Å². The molecule has 0 aromatic heterocycles. The van der Waals surface area contributed by atoms with Gasteiger partial charge < -0.3 is 10.1 Å². The van der Waals surface area contributed by atoms with E-state index >= 15 is 0 Å². The van der Waals surface area contributed by atoms with Gasteiger partial charge in [0.2, 0.25) is 0 Å². The molecule has 1 aromatic rings. The molecule has 0 aliphatic rings. The van der Waals surface area contributed by atoms with Crippen molar-refractivity contribution in [2.24, 2.45) is 0 Å². The van der Waals surface area contributed by atoms with Gasteiger partial charge in [0.05, 0.1) is 13.7 Å². The van der Waals surface area contributed by atoms with E-state index in [1.165, 1.54) is 0 Å². The Bertz CT molecular complexity index is 339. The van der Waals surface area contributed by atoms with Crippen LogP contribution in [-0.2, 0) is 0 Å². The Labute approximate surface area is 91.6 Å². The Morgan fingerprint density at radius 1 is 1.57 bits per heavy atom. The lowest BCUT2D eigenvalue weighted by Crippen LogP contribution is -2.18. The normalized spacial score (nSPS) is 9.93. The zero-order valence-electron chi connectivity index (χ0n) is 8.13. The Balaban J connectivity index is 2.99. The van der Waals surface area contributed by atoms with Gasteiger partial charge in [0, 0.05) is 10.0 Å². The van der Waals surface area contributed by atoms with Crippen LogP contribution in [0.15, 0.2) is 22.7 Å². The lowest BCUT2D eigenvalue weighted by Gasteiger charge is -2.05.